The highest BCUT2D eigenvalue weighted by Gasteiger charge is 2.25. The zero-order valence-corrected chi connectivity index (χ0v) is 18.5. The van der Waals surface area contributed by atoms with Crippen LogP contribution in [0.2, 0.25) is 0 Å². The second kappa shape index (κ2) is 11.9. The first-order valence-corrected chi connectivity index (χ1v) is 10.8. The van der Waals surface area contributed by atoms with Crippen molar-refractivity contribution in [3.63, 3.8) is 0 Å². The maximum absolute atomic E-state index is 12.4. The largest absolute Gasteiger partial charge is 0.391 e. The molecule has 0 aromatic heterocycles. The van der Waals surface area contributed by atoms with Crippen LogP contribution in [0.4, 0.5) is 0 Å². The number of benzene rings is 3. The van der Waals surface area contributed by atoms with E-state index in [4.69, 9.17) is 5.21 Å². The molecule has 0 bridgehead atoms. The van der Waals surface area contributed by atoms with Crippen molar-refractivity contribution >= 4 is 11.8 Å². The van der Waals surface area contributed by atoms with E-state index in [9.17, 15) is 14.7 Å². The van der Waals surface area contributed by atoms with Crippen molar-refractivity contribution in [2.24, 2.45) is 0 Å². The Hall–Kier alpha value is -3.52. The van der Waals surface area contributed by atoms with Gasteiger partial charge in [0.1, 0.15) is 6.04 Å². The number of carbonyl (C=O) groups is 2. The van der Waals surface area contributed by atoms with Crippen molar-refractivity contribution < 1.29 is 19.9 Å². The van der Waals surface area contributed by atoms with Crippen molar-refractivity contribution in [2.75, 3.05) is 6.54 Å². The molecule has 2 amide bonds. The third-order valence-electron chi connectivity index (χ3n) is 5.36. The fourth-order valence-corrected chi connectivity index (χ4v) is 3.44. The van der Waals surface area contributed by atoms with Gasteiger partial charge in [-0.15, -0.1) is 0 Å². The zero-order chi connectivity index (χ0) is 23.6. The number of hydrogen-bond acceptors (Lipinski definition) is 5. The van der Waals surface area contributed by atoms with Crippen LogP contribution in [-0.2, 0) is 17.8 Å². The topological polar surface area (TPSA) is 111 Å². The summed E-state index contributed by atoms with van der Waals surface area (Å²) in [4.78, 5) is 24.0. The lowest BCUT2D eigenvalue weighted by Gasteiger charge is -2.19. The highest BCUT2D eigenvalue weighted by atomic mass is 16.5. The highest BCUT2D eigenvalue weighted by Crippen LogP contribution is 2.20. The monoisotopic (exact) mass is 447 g/mol. The van der Waals surface area contributed by atoms with Crippen LogP contribution in [0.1, 0.15) is 28.4 Å². The van der Waals surface area contributed by atoms with Crippen LogP contribution in [0.15, 0.2) is 78.9 Å². The smallest absolute Gasteiger partial charge is 0.268 e. The Balaban J connectivity index is 1.53. The van der Waals surface area contributed by atoms with E-state index in [-0.39, 0.29) is 0 Å². The van der Waals surface area contributed by atoms with Gasteiger partial charge in [-0.2, -0.15) is 0 Å². The summed E-state index contributed by atoms with van der Waals surface area (Å²) in [5.41, 5.74) is 6.27. The lowest BCUT2D eigenvalue weighted by atomic mass is 10.0. The predicted molar refractivity (Wildman–Crippen MR) is 127 cm³/mol. The number of hydroxylamine groups is 1. The minimum Gasteiger partial charge on any atom is -0.391 e. The predicted octanol–water partition coefficient (Wildman–Crippen LogP) is 2.67. The molecular formula is C26H29N3O4. The van der Waals surface area contributed by atoms with Crippen molar-refractivity contribution in [2.45, 2.75) is 32.0 Å². The summed E-state index contributed by atoms with van der Waals surface area (Å²) in [6.07, 6.45) is -0.173. The molecule has 0 heterocycles. The quantitative estimate of drug-likeness (QED) is 0.186. The van der Waals surface area contributed by atoms with E-state index < -0.39 is 24.0 Å². The lowest BCUT2D eigenvalue weighted by molar-refractivity contribution is -0.133. The van der Waals surface area contributed by atoms with Crippen molar-refractivity contribution in [1.29, 1.82) is 0 Å². The second-order valence-electron chi connectivity index (χ2n) is 7.85. The fourth-order valence-electron chi connectivity index (χ4n) is 3.44. The molecular weight excluding hydrogens is 418 g/mol. The lowest BCUT2D eigenvalue weighted by Crippen LogP contribution is -2.51. The molecule has 7 nitrogen and oxygen atoms in total. The van der Waals surface area contributed by atoms with Crippen LogP contribution in [-0.4, -0.2) is 40.8 Å². The summed E-state index contributed by atoms with van der Waals surface area (Å²) >= 11 is 0. The number of rotatable bonds is 10. The Morgan fingerprint density at radius 2 is 1.45 bits per heavy atom. The molecule has 2 atom stereocenters. The first-order valence-electron chi connectivity index (χ1n) is 10.8. The molecule has 5 N–H and O–H groups in total. The molecule has 3 aromatic rings. The molecule has 3 aromatic carbocycles. The Morgan fingerprint density at radius 3 is 2.03 bits per heavy atom. The molecule has 172 valence electrons. The number of amides is 2. The molecule has 3 rings (SSSR count). The van der Waals surface area contributed by atoms with E-state index in [1.165, 1.54) is 23.5 Å². The van der Waals surface area contributed by atoms with Gasteiger partial charge in [0.05, 0.1) is 6.10 Å². The van der Waals surface area contributed by atoms with Gasteiger partial charge in [0.15, 0.2) is 0 Å². The number of nitrogens with one attached hydrogen (secondary N) is 3. The third kappa shape index (κ3) is 6.98. The average Bonchev–Trinajstić information content (AvgIpc) is 2.85. The normalized spacial score (nSPS) is 12.6. The molecule has 0 saturated heterocycles. The number of aliphatic hydroxyl groups is 1. The minimum atomic E-state index is -1.25. The minimum absolute atomic E-state index is 0.342. The van der Waals surface area contributed by atoms with Crippen LogP contribution in [0, 0.1) is 0 Å². The highest BCUT2D eigenvalue weighted by molar-refractivity contribution is 5.97. The average molecular weight is 448 g/mol. The molecule has 0 aliphatic heterocycles. The second-order valence-corrected chi connectivity index (χ2v) is 7.85. The Labute approximate surface area is 193 Å². The number of aliphatic hydroxyl groups excluding tert-OH is 1. The van der Waals surface area contributed by atoms with E-state index >= 15 is 0 Å². The van der Waals surface area contributed by atoms with Crippen LogP contribution in [0.5, 0.6) is 0 Å². The molecule has 0 radical (unpaired) electrons. The Morgan fingerprint density at radius 1 is 0.848 bits per heavy atom. The summed E-state index contributed by atoms with van der Waals surface area (Å²) in [7, 11) is 0. The summed E-state index contributed by atoms with van der Waals surface area (Å²) in [6, 6.07) is 24.3. The Bertz CT molecular complexity index is 1040. The summed E-state index contributed by atoms with van der Waals surface area (Å²) < 4.78 is 0. The van der Waals surface area contributed by atoms with E-state index in [2.05, 4.69) is 47.0 Å². The first kappa shape index (κ1) is 24.1. The molecule has 0 saturated carbocycles. The van der Waals surface area contributed by atoms with Crippen molar-refractivity contribution in [3.05, 3.63) is 95.6 Å². The summed E-state index contributed by atoms with van der Waals surface area (Å²) in [5.74, 6) is -1.41. The Kier molecular flexibility index (Phi) is 8.71. The zero-order valence-electron chi connectivity index (χ0n) is 18.5. The maximum atomic E-state index is 12.4. The van der Waals surface area contributed by atoms with Crippen molar-refractivity contribution in [3.8, 4) is 11.1 Å². The van der Waals surface area contributed by atoms with Crippen molar-refractivity contribution in [1.82, 2.24) is 16.1 Å². The van der Waals surface area contributed by atoms with E-state index in [1.807, 2.05) is 30.3 Å². The van der Waals surface area contributed by atoms with Crippen LogP contribution >= 0.6 is 0 Å². The molecule has 0 aliphatic rings. The van der Waals surface area contributed by atoms with Gasteiger partial charge in [-0.25, -0.2) is 5.48 Å². The van der Waals surface area contributed by atoms with Gasteiger partial charge in [-0.3, -0.25) is 14.8 Å². The van der Waals surface area contributed by atoms with Crippen LogP contribution in [0.25, 0.3) is 11.1 Å². The molecule has 33 heavy (non-hydrogen) atoms. The SMILES string of the molecule is C[C@@H](O)[C@H](NC(=O)c1ccc(-c2ccc(CNCCc3ccccc3)cc2)cc1)C(=O)NO. The van der Waals surface area contributed by atoms with E-state index in [0.717, 1.165) is 30.6 Å². The van der Waals surface area contributed by atoms with Gasteiger partial charge < -0.3 is 15.7 Å². The number of carbonyl (C=O) groups excluding carboxylic acids is 2. The molecule has 0 fully saturated rings. The van der Waals surface area contributed by atoms with Gasteiger partial charge in [-0.1, -0.05) is 66.7 Å². The van der Waals surface area contributed by atoms with E-state index in [1.54, 1.807) is 12.1 Å². The summed E-state index contributed by atoms with van der Waals surface area (Å²) in [5, 5.41) is 24.3. The van der Waals surface area contributed by atoms with Gasteiger partial charge in [-0.05, 0) is 54.3 Å². The molecule has 0 aliphatic carbocycles. The van der Waals surface area contributed by atoms with Gasteiger partial charge in [0, 0.05) is 12.1 Å². The van der Waals surface area contributed by atoms with Gasteiger partial charge in [0.2, 0.25) is 0 Å². The van der Waals surface area contributed by atoms with Crippen LogP contribution < -0.4 is 16.1 Å². The summed E-state index contributed by atoms with van der Waals surface area (Å²) in [6.45, 7) is 3.05. The number of hydrogen-bond donors (Lipinski definition) is 5. The molecule has 0 spiro atoms. The van der Waals surface area contributed by atoms with Gasteiger partial charge in [0.25, 0.3) is 11.8 Å². The third-order valence-corrected chi connectivity index (χ3v) is 5.36. The standard InChI is InChI=1S/C26H29N3O4/c1-18(30)24(26(32)29-33)28-25(31)23-13-11-22(12-14-23)21-9-7-20(8-10-21)17-27-16-15-19-5-3-2-4-6-19/h2-14,18,24,27,30,33H,15-17H2,1H3,(H,28,31)(H,29,32)/t18-,24+/m1/s1. The first-order chi connectivity index (χ1) is 16.0. The van der Waals surface area contributed by atoms with E-state index in [0.29, 0.717) is 5.56 Å². The molecule has 0 unspecified atom stereocenters. The fraction of sp³-hybridized carbons (Fsp3) is 0.231. The van der Waals surface area contributed by atoms with Crippen LogP contribution in [0.3, 0.4) is 0 Å². The maximum Gasteiger partial charge on any atom is 0.268 e. The van der Waals surface area contributed by atoms with Gasteiger partial charge >= 0.3 is 0 Å². The molecule has 7 heteroatoms.